The molecule has 1 heterocycles. The summed E-state index contributed by atoms with van der Waals surface area (Å²) in [5, 5.41) is 10.0. The highest BCUT2D eigenvalue weighted by atomic mass is 32.2. The lowest BCUT2D eigenvalue weighted by atomic mass is 10.2. The molecule has 2 rings (SSSR count). The van der Waals surface area contributed by atoms with Crippen molar-refractivity contribution in [1.82, 2.24) is 10.2 Å². The van der Waals surface area contributed by atoms with Gasteiger partial charge < -0.3 is 5.32 Å². The number of aromatic nitrogens is 2. The molecule has 1 amide bonds. The summed E-state index contributed by atoms with van der Waals surface area (Å²) in [6.45, 7) is 3.46. The van der Waals surface area contributed by atoms with Gasteiger partial charge in [0.15, 0.2) is 0 Å². The molecule has 0 saturated carbocycles. The molecule has 0 aliphatic carbocycles. The molecule has 7 nitrogen and oxygen atoms in total. The van der Waals surface area contributed by atoms with Gasteiger partial charge in [0.25, 0.3) is 14.4 Å². The van der Waals surface area contributed by atoms with Gasteiger partial charge >= 0.3 is 0 Å². The Balaban J connectivity index is 2.20. The van der Waals surface area contributed by atoms with Crippen LogP contribution in [0.5, 0.6) is 0 Å². The van der Waals surface area contributed by atoms with E-state index in [1.54, 1.807) is 26.0 Å². The summed E-state index contributed by atoms with van der Waals surface area (Å²) in [4.78, 5) is 12.4. The third-order valence-electron chi connectivity index (χ3n) is 2.74. The summed E-state index contributed by atoms with van der Waals surface area (Å²) >= 11 is 2.24. The van der Waals surface area contributed by atoms with Gasteiger partial charge in [0.2, 0.25) is 11.0 Å². The van der Waals surface area contributed by atoms with Gasteiger partial charge in [-0.05, 0) is 18.4 Å². The molecule has 0 aliphatic rings. The normalized spacial score (nSPS) is 11.5. The van der Waals surface area contributed by atoms with E-state index in [-0.39, 0.29) is 21.3 Å². The topological polar surface area (TPSA) is 101 Å². The largest absolute Gasteiger partial charge is 0.300 e. The van der Waals surface area contributed by atoms with E-state index < -0.39 is 10.0 Å². The van der Waals surface area contributed by atoms with E-state index in [0.29, 0.717) is 5.69 Å². The van der Waals surface area contributed by atoms with Gasteiger partial charge in [0, 0.05) is 10.8 Å². The van der Waals surface area contributed by atoms with Gasteiger partial charge in [-0.15, -0.1) is 22.0 Å². The number of benzene rings is 1. The Hall–Kier alpha value is -1.65. The zero-order valence-corrected chi connectivity index (χ0v) is 15.2. The van der Waals surface area contributed by atoms with Crippen molar-refractivity contribution in [1.29, 1.82) is 0 Å². The smallest absolute Gasteiger partial charge is 0.291 e. The van der Waals surface area contributed by atoms with Gasteiger partial charge in [-0.25, -0.2) is 0 Å². The van der Waals surface area contributed by atoms with Crippen molar-refractivity contribution in [2.24, 2.45) is 5.92 Å². The van der Waals surface area contributed by atoms with Crippen LogP contribution >= 0.6 is 23.1 Å². The minimum absolute atomic E-state index is 0.155. The lowest BCUT2D eigenvalue weighted by molar-refractivity contribution is -0.118. The Kier molecular flexibility index (Phi) is 5.60. The van der Waals surface area contributed by atoms with Crippen LogP contribution in [0.2, 0.25) is 0 Å². The number of nitrogens with zero attached hydrogens (tertiary/aromatic N) is 2. The number of carbonyl (C=O) groups excluding carboxylic acids is 1. The monoisotopic (exact) mass is 372 g/mol. The average Bonchev–Trinajstić information content (AvgIpc) is 2.96. The zero-order valence-electron chi connectivity index (χ0n) is 12.7. The molecule has 124 valence electrons. The van der Waals surface area contributed by atoms with E-state index in [0.717, 1.165) is 16.2 Å². The molecule has 0 unspecified atom stereocenters. The molecule has 0 radical (unpaired) electrons. The fourth-order valence-corrected chi connectivity index (χ4v) is 4.14. The number of anilines is 2. The molecule has 10 heteroatoms. The van der Waals surface area contributed by atoms with Crippen molar-refractivity contribution in [2.75, 3.05) is 16.3 Å². The highest BCUT2D eigenvalue weighted by Gasteiger charge is 2.22. The number of nitrogens with one attached hydrogen (secondary N) is 2. The molecule has 2 N–H and O–H groups in total. The third-order valence-corrected chi connectivity index (χ3v) is 6.11. The highest BCUT2D eigenvalue weighted by molar-refractivity contribution is 7.99. The van der Waals surface area contributed by atoms with E-state index >= 15 is 0 Å². The number of rotatable bonds is 6. The average molecular weight is 372 g/mol. The first-order valence-electron chi connectivity index (χ1n) is 6.63. The van der Waals surface area contributed by atoms with Crippen LogP contribution in [0.25, 0.3) is 0 Å². The fourth-order valence-electron chi connectivity index (χ4n) is 1.54. The maximum Gasteiger partial charge on any atom is 0.291 e. The van der Waals surface area contributed by atoms with Crippen molar-refractivity contribution in [2.45, 2.75) is 23.1 Å². The summed E-state index contributed by atoms with van der Waals surface area (Å²) in [7, 11) is -3.85. The maximum atomic E-state index is 12.4. The summed E-state index contributed by atoms with van der Waals surface area (Å²) in [6, 6.07) is 7.06. The Bertz CT molecular complexity index is 802. The molecule has 0 atom stereocenters. The molecule has 1 aromatic carbocycles. The Labute approximate surface area is 143 Å². The first-order valence-corrected chi connectivity index (χ1v) is 10.2. The first-order chi connectivity index (χ1) is 10.8. The van der Waals surface area contributed by atoms with Crippen LogP contribution in [0.1, 0.15) is 13.8 Å². The number of amides is 1. The fraction of sp³-hybridized carbons (Fsp3) is 0.308. The highest BCUT2D eigenvalue weighted by Crippen LogP contribution is 2.28. The van der Waals surface area contributed by atoms with Crippen molar-refractivity contribution in [3.63, 3.8) is 0 Å². The Morgan fingerprint density at radius 1 is 1.26 bits per heavy atom. The van der Waals surface area contributed by atoms with E-state index in [1.807, 2.05) is 18.4 Å². The van der Waals surface area contributed by atoms with E-state index in [4.69, 9.17) is 0 Å². The van der Waals surface area contributed by atoms with E-state index in [1.165, 1.54) is 11.8 Å². The predicted octanol–water partition coefficient (Wildman–Crippen LogP) is 2.66. The molecule has 0 saturated heterocycles. The Morgan fingerprint density at radius 3 is 2.61 bits per heavy atom. The molecule has 0 fully saturated rings. The second kappa shape index (κ2) is 7.28. The van der Waals surface area contributed by atoms with Gasteiger partial charge in [-0.3, -0.25) is 9.52 Å². The first kappa shape index (κ1) is 17.7. The quantitative estimate of drug-likeness (QED) is 0.597. The molecule has 0 aliphatic heterocycles. The van der Waals surface area contributed by atoms with Gasteiger partial charge in [0.1, 0.15) is 0 Å². The molecule has 2 aromatic rings. The van der Waals surface area contributed by atoms with Crippen molar-refractivity contribution in [3.05, 3.63) is 24.3 Å². The second-order valence-electron chi connectivity index (χ2n) is 4.82. The number of thioether (sulfide) groups is 1. The number of sulfonamides is 1. The number of para-hydroxylation sites is 1. The molecule has 0 bridgehead atoms. The van der Waals surface area contributed by atoms with E-state index in [2.05, 4.69) is 20.2 Å². The standard InChI is InChI=1S/C13H16N4O3S3/c1-8(2)11(18)14-12-15-16-13(22-12)23(19,20)17-9-6-4-5-7-10(9)21-3/h4-8,17H,1-3H3,(H,14,15,18). The van der Waals surface area contributed by atoms with Crippen LogP contribution < -0.4 is 10.0 Å². The number of carbonyl (C=O) groups is 1. The molecule has 0 spiro atoms. The molecular weight excluding hydrogens is 356 g/mol. The second-order valence-corrected chi connectivity index (χ2v) is 8.50. The third kappa shape index (κ3) is 4.43. The number of hydrogen-bond acceptors (Lipinski definition) is 7. The lowest BCUT2D eigenvalue weighted by Crippen LogP contribution is -2.17. The minimum Gasteiger partial charge on any atom is -0.300 e. The number of hydrogen-bond donors (Lipinski definition) is 2. The van der Waals surface area contributed by atoms with Gasteiger partial charge in [-0.2, -0.15) is 8.42 Å². The summed E-state index contributed by atoms with van der Waals surface area (Å²) < 4.78 is 27.0. The van der Waals surface area contributed by atoms with Crippen LogP contribution in [-0.2, 0) is 14.8 Å². The molecule has 23 heavy (non-hydrogen) atoms. The van der Waals surface area contributed by atoms with Crippen LogP contribution in [0.4, 0.5) is 10.8 Å². The van der Waals surface area contributed by atoms with Crippen LogP contribution in [0, 0.1) is 5.92 Å². The van der Waals surface area contributed by atoms with Crippen LogP contribution in [-0.4, -0.2) is 30.8 Å². The summed E-state index contributed by atoms with van der Waals surface area (Å²) in [5.41, 5.74) is 0.475. The van der Waals surface area contributed by atoms with Gasteiger partial charge in [-0.1, -0.05) is 37.3 Å². The Morgan fingerprint density at radius 2 is 1.96 bits per heavy atom. The molecular formula is C13H16N4O3S3. The summed E-state index contributed by atoms with van der Waals surface area (Å²) in [6.07, 6.45) is 1.86. The lowest BCUT2D eigenvalue weighted by Gasteiger charge is -2.08. The van der Waals surface area contributed by atoms with Crippen molar-refractivity contribution in [3.8, 4) is 0 Å². The predicted molar refractivity (Wildman–Crippen MR) is 92.4 cm³/mol. The van der Waals surface area contributed by atoms with E-state index in [9.17, 15) is 13.2 Å². The van der Waals surface area contributed by atoms with Crippen molar-refractivity contribution >= 4 is 49.8 Å². The van der Waals surface area contributed by atoms with Gasteiger partial charge in [0.05, 0.1) is 5.69 Å². The zero-order chi connectivity index (χ0) is 17.0. The van der Waals surface area contributed by atoms with Crippen molar-refractivity contribution < 1.29 is 13.2 Å². The summed E-state index contributed by atoms with van der Waals surface area (Å²) in [5.74, 6) is -0.476. The maximum absolute atomic E-state index is 12.4. The van der Waals surface area contributed by atoms with Crippen LogP contribution in [0.15, 0.2) is 33.5 Å². The molecule has 1 aromatic heterocycles. The minimum atomic E-state index is -3.85. The SMILES string of the molecule is CSc1ccccc1NS(=O)(=O)c1nnc(NC(=O)C(C)C)s1. The van der Waals surface area contributed by atoms with Crippen LogP contribution in [0.3, 0.4) is 0 Å².